The molecule has 0 heterocycles. The van der Waals surface area contributed by atoms with Gasteiger partial charge in [0.2, 0.25) is 0 Å². The number of esters is 1. The highest BCUT2D eigenvalue weighted by atomic mass is 16.5. The number of hydrogen-bond donors (Lipinski definition) is 1. The number of ether oxygens (including phenoxy) is 1. The van der Waals surface area contributed by atoms with Gasteiger partial charge in [0.1, 0.15) is 6.04 Å². The standard InChI is InChI=1S/C8H17NO2.C2H6/c1-5(2)7(9)8(10)11-6(3)4;1-2/h5-7H,9H2,1-4H3;1-2H3. The third-order valence-electron chi connectivity index (χ3n) is 1.34. The van der Waals surface area contributed by atoms with Gasteiger partial charge in [0, 0.05) is 0 Å². The van der Waals surface area contributed by atoms with Crippen LogP contribution >= 0.6 is 0 Å². The molecule has 1 unspecified atom stereocenters. The van der Waals surface area contributed by atoms with Gasteiger partial charge in [-0.15, -0.1) is 0 Å². The number of carbonyl (C=O) groups is 1. The lowest BCUT2D eigenvalue weighted by atomic mass is 10.1. The molecular formula is C10H23NO2. The first-order valence-corrected chi connectivity index (χ1v) is 4.91. The lowest BCUT2D eigenvalue weighted by Crippen LogP contribution is -2.38. The lowest BCUT2D eigenvalue weighted by molar-refractivity contribution is -0.150. The van der Waals surface area contributed by atoms with E-state index in [1.807, 2.05) is 41.5 Å². The van der Waals surface area contributed by atoms with E-state index < -0.39 is 6.04 Å². The highest BCUT2D eigenvalue weighted by Gasteiger charge is 2.19. The molecule has 0 rings (SSSR count). The molecule has 0 radical (unpaired) electrons. The maximum Gasteiger partial charge on any atom is 0.323 e. The molecule has 0 aliphatic rings. The molecular weight excluding hydrogens is 166 g/mol. The fourth-order valence-electron chi connectivity index (χ4n) is 0.583. The topological polar surface area (TPSA) is 52.3 Å². The first-order chi connectivity index (χ1) is 5.95. The van der Waals surface area contributed by atoms with Gasteiger partial charge in [0.15, 0.2) is 0 Å². The summed E-state index contributed by atoms with van der Waals surface area (Å²) in [7, 11) is 0. The third-order valence-corrected chi connectivity index (χ3v) is 1.34. The van der Waals surface area contributed by atoms with Gasteiger partial charge in [0.25, 0.3) is 0 Å². The third kappa shape index (κ3) is 7.78. The van der Waals surface area contributed by atoms with Crippen LogP contribution in [0.25, 0.3) is 0 Å². The molecule has 1 atom stereocenters. The molecule has 3 nitrogen and oxygen atoms in total. The Morgan fingerprint density at radius 2 is 1.54 bits per heavy atom. The van der Waals surface area contributed by atoms with Crippen molar-refractivity contribution in [3.05, 3.63) is 0 Å². The van der Waals surface area contributed by atoms with E-state index in [-0.39, 0.29) is 18.0 Å². The first kappa shape index (κ1) is 14.9. The Morgan fingerprint density at radius 3 is 1.77 bits per heavy atom. The van der Waals surface area contributed by atoms with Crippen molar-refractivity contribution in [2.45, 2.75) is 53.7 Å². The fourth-order valence-corrected chi connectivity index (χ4v) is 0.583. The van der Waals surface area contributed by atoms with E-state index in [0.717, 1.165) is 0 Å². The molecule has 0 amide bonds. The molecule has 80 valence electrons. The summed E-state index contributed by atoms with van der Waals surface area (Å²) in [6.07, 6.45) is -0.0766. The predicted molar refractivity (Wildman–Crippen MR) is 55.4 cm³/mol. The molecule has 0 aromatic carbocycles. The molecule has 0 aliphatic heterocycles. The Hall–Kier alpha value is -0.570. The van der Waals surface area contributed by atoms with Crippen molar-refractivity contribution in [2.75, 3.05) is 0 Å². The summed E-state index contributed by atoms with van der Waals surface area (Å²) >= 11 is 0. The zero-order chi connectivity index (χ0) is 11.0. The van der Waals surface area contributed by atoms with Crippen LogP contribution < -0.4 is 5.73 Å². The number of rotatable bonds is 3. The largest absolute Gasteiger partial charge is 0.462 e. The minimum absolute atomic E-state index is 0.0766. The fraction of sp³-hybridized carbons (Fsp3) is 0.900. The second kappa shape index (κ2) is 8.05. The zero-order valence-corrected chi connectivity index (χ0v) is 9.63. The Morgan fingerprint density at radius 1 is 1.15 bits per heavy atom. The van der Waals surface area contributed by atoms with Gasteiger partial charge in [-0.2, -0.15) is 0 Å². The number of carbonyl (C=O) groups excluding carboxylic acids is 1. The maximum absolute atomic E-state index is 11.0. The quantitative estimate of drug-likeness (QED) is 0.690. The molecule has 0 aromatic rings. The predicted octanol–water partition coefficient (Wildman–Crippen LogP) is 1.95. The van der Waals surface area contributed by atoms with Crippen molar-refractivity contribution < 1.29 is 9.53 Å². The number of hydrogen-bond acceptors (Lipinski definition) is 3. The van der Waals surface area contributed by atoms with Crippen molar-refractivity contribution in [1.82, 2.24) is 0 Å². The smallest absolute Gasteiger partial charge is 0.323 e. The van der Waals surface area contributed by atoms with Gasteiger partial charge < -0.3 is 10.5 Å². The Balaban J connectivity index is 0. The van der Waals surface area contributed by atoms with Gasteiger partial charge >= 0.3 is 5.97 Å². The van der Waals surface area contributed by atoms with Gasteiger partial charge in [-0.25, -0.2) is 0 Å². The highest BCUT2D eigenvalue weighted by molar-refractivity contribution is 5.75. The Kier molecular flexibility index (Phi) is 9.24. The van der Waals surface area contributed by atoms with Crippen molar-refractivity contribution in [2.24, 2.45) is 11.7 Å². The van der Waals surface area contributed by atoms with E-state index in [1.165, 1.54) is 0 Å². The minimum atomic E-state index is -0.489. The lowest BCUT2D eigenvalue weighted by Gasteiger charge is -2.16. The summed E-state index contributed by atoms with van der Waals surface area (Å²) in [5.74, 6) is -0.170. The average Bonchev–Trinajstić information content (AvgIpc) is 2.05. The summed E-state index contributed by atoms with van der Waals surface area (Å²) in [5, 5.41) is 0. The van der Waals surface area contributed by atoms with Gasteiger partial charge in [-0.3, -0.25) is 4.79 Å². The van der Waals surface area contributed by atoms with Crippen LogP contribution in [0.5, 0.6) is 0 Å². The molecule has 0 aliphatic carbocycles. The van der Waals surface area contributed by atoms with E-state index in [4.69, 9.17) is 10.5 Å². The maximum atomic E-state index is 11.0. The van der Waals surface area contributed by atoms with Crippen molar-refractivity contribution in [3.8, 4) is 0 Å². The van der Waals surface area contributed by atoms with Crippen LogP contribution in [-0.2, 0) is 9.53 Å². The van der Waals surface area contributed by atoms with E-state index in [1.54, 1.807) is 0 Å². The van der Waals surface area contributed by atoms with Crippen LogP contribution in [0.3, 0.4) is 0 Å². The van der Waals surface area contributed by atoms with E-state index >= 15 is 0 Å². The van der Waals surface area contributed by atoms with Crippen molar-refractivity contribution in [1.29, 1.82) is 0 Å². The molecule has 0 fully saturated rings. The summed E-state index contributed by atoms with van der Waals surface area (Å²) < 4.78 is 4.91. The van der Waals surface area contributed by atoms with Crippen molar-refractivity contribution in [3.63, 3.8) is 0 Å². The summed E-state index contributed by atoms with van der Waals surface area (Å²) in [6, 6.07) is -0.489. The molecule has 0 saturated heterocycles. The van der Waals surface area contributed by atoms with Crippen molar-refractivity contribution >= 4 is 5.97 Å². The molecule has 0 bridgehead atoms. The molecule has 13 heavy (non-hydrogen) atoms. The highest BCUT2D eigenvalue weighted by Crippen LogP contribution is 2.02. The summed E-state index contributed by atoms with van der Waals surface area (Å²) in [5.41, 5.74) is 5.53. The molecule has 2 N–H and O–H groups in total. The monoisotopic (exact) mass is 189 g/mol. The minimum Gasteiger partial charge on any atom is -0.462 e. The molecule has 0 aromatic heterocycles. The van der Waals surface area contributed by atoms with Crippen LogP contribution in [0.2, 0.25) is 0 Å². The van der Waals surface area contributed by atoms with E-state index in [9.17, 15) is 4.79 Å². The first-order valence-electron chi connectivity index (χ1n) is 4.91. The SMILES string of the molecule is CC.CC(C)OC(=O)C(N)C(C)C. The normalized spacial score (nSPS) is 12.1. The Bertz CT molecular complexity index is 133. The van der Waals surface area contributed by atoms with E-state index in [0.29, 0.717) is 0 Å². The van der Waals surface area contributed by atoms with Crippen LogP contribution in [-0.4, -0.2) is 18.1 Å². The second-order valence-electron chi connectivity index (χ2n) is 3.26. The van der Waals surface area contributed by atoms with Crippen LogP contribution in [0.1, 0.15) is 41.5 Å². The Labute approximate surface area is 81.6 Å². The van der Waals surface area contributed by atoms with Crippen LogP contribution in [0.4, 0.5) is 0 Å². The molecule has 0 spiro atoms. The van der Waals surface area contributed by atoms with Gasteiger partial charge in [0.05, 0.1) is 6.10 Å². The zero-order valence-electron chi connectivity index (χ0n) is 9.63. The van der Waals surface area contributed by atoms with Gasteiger partial charge in [-0.1, -0.05) is 27.7 Å². The van der Waals surface area contributed by atoms with Crippen LogP contribution in [0, 0.1) is 5.92 Å². The second-order valence-corrected chi connectivity index (χ2v) is 3.26. The van der Waals surface area contributed by atoms with Crippen LogP contribution in [0.15, 0.2) is 0 Å². The van der Waals surface area contributed by atoms with E-state index in [2.05, 4.69) is 0 Å². The number of nitrogens with two attached hydrogens (primary N) is 1. The summed E-state index contributed by atoms with van der Waals surface area (Å²) in [6.45, 7) is 11.4. The summed E-state index contributed by atoms with van der Waals surface area (Å²) in [4.78, 5) is 11.0. The molecule has 3 heteroatoms. The molecule has 0 saturated carbocycles. The van der Waals surface area contributed by atoms with Gasteiger partial charge in [-0.05, 0) is 19.8 Å². The average molecular weight is 189 g/mol.